The van der Waals surface area contributed by atoms with E-state index in [0.717, 1.165) is 16.3 Å². The third-order valence-electron chi connectivity index (χ3n) is 2.85. The molecule has 0 aliphatic carbocycles. The fraction of sp³-hybridized carbons (Fsp3) is 0.353. The van der Waals surface area contributed by atoms with E-state index in [1.165, 1.54) is 18.9 Å². The second-order valence-corrected chi connectivity index (χ2v) is 6.92. The van der Waals surface area contributed by atoms with Crippen molar-refractivity contribution in [2.24, 2.45) is 0 Å². The smallest absolute Gasteiger partial charge is 1.00 e. The molecule has 4 nitrogen and oxygen atoms in total. The van der Waals surface area contributed by atoms with Gasteiger partial charge in [0, 0.05) is 28.1 Å². The number of halogens is 3. The molecule has 0 radical (unpaired) electrons. The Kier molecular flexibility index (Phi) is 19.6. The predicted octanol–water partition coefficient (Wildman–Crippen LogP) is -0.708. The SMILES string of the molecule is C.COC(=O)CCSc1ccnc(C)c1Cl.Cc1nccc([S-])c1Cl.[F-].[Na+]. The summed E-state index contributed by atoms with van der Waals surface area (Å²) in [6.07, 6.45) is 3.75. The van der Waals surface area contributed by atoms with Gasteiger partial charge in [-0.15, -0.1) is 11.8 Å². The van der Waals surface area contributed by atoms with Crippen molar-refractivity contribution in [3.63, 3.8) is 0 Å². The molecule has 0 N–H and O–H groups in total. The van der Waals surface area contributed by atoms with Gasteiger partial charge in [0.05, 0.1) is 29.9 Å². The summed E-state index contributed by atoms with van der Waals surface area (Å²) >= 11 is 18.2. The number of carbonyl (C=O) groups is 1. The Hall–Kier alpha value is -0.150. The van der Waals surface area contributed by atoms with Gasteiger partial charge in [-0.1, -0.05) is 36.7 Å². The van der Waals surface area contributed by atoms with Gasteiger partial charge >= 0.3 is 35.5 Å². The largest absolute Gasteiger partial charge is 1.00 e. The molecule has 2 heterocycles. The van der Waals surface area contributed by atoms with Crippen molar-refractivity contribution in [3.8, 4) is 0 Å². The van der Waals surface area contributed by atoms with Crippen LogP contribution in [-0.4, -0.2) is 28.8 Å². The predicted molar refractivity (Wildman–Crippen MR) is 108 cm³/mol. The van der Waals surface area contributed by atoms with E-state index < -0.39 is 0 Å². The van der Waals surface area contributed by atoms with E-state index in [1.54, 1.807) is 18.5 Å². The van der Waals surface area contributed by atoms with E-state index in [9.17, 15) is 4.79 Å². The van der Waals surface area contributed by atoms with Crippen LogP contribution < -0.4 is 34.3 Å². The van der Waals surface area contributed by atoms with Crippen molar-refractivity contribution in [2.75, 3.05) is 12.9 Å². The number of methoxy groups -OCH3 is 1. The first-order valence-electron chi connectivity index (χ1n) is 6.95. The van der Waals surface area contributed by atoms with Crippen molar-refractivity contribution in [2.45, 2.75) is 37.5 Å². The molecule has 0 saturated carbocycles. The van der Waals surface area contributed by atoms with Gasteiger partial charge in [-0.25, -0.2) is 0 Å². The van der Waals surface area contributed by atoms with E-state index in [1.807, 2.05) is 19.9 Å². The zero-order valence-electron chi connectivity index (χ0n) is 14.9. The number of hydrogen-bond acceptors (Lipinski definition) is 6. The summed E-state index contributed by atoms with van der Waals surface area (Å²) in [7, 11) is 1.39. The van der Waals surface area contributed by atoms with Gasteiger partial charge in [0.2, 0.25) is 0 Å². The molecule has 2 aromatic rings. The fourth-order valence-electron chi connectivity index (χ4n) is 1.51. The van der Waals surface area contributed by atoms with Crippen LogP contribution in [-0.2, 0) is 22.2 Å². The van der Waals surface area contributed by atoms with E-state index >= 15 is 0 Å². The molecule has 0 unspecified atom stereocenters. The first kappa shape index (κ1) is 31.5. The van der Waals surface area contributed by atoms with Crippen molar-refractivity contribution in [1.82, 2.24) is 9.97 Å². The summed E-state index contributed by atoms with van der Waals surface area (Å²) in [6.45, 7) is 3.69. The molecule has 0 aliphatic heterocycles. The molecule has 0 spiro atoms. The summed E-state index contributed by atoms with van der Waals surface area (Å²) in [5, 5.41) is 1.25. The summed E-state index contributed by atoms with van der Waals surface area (Å²) in [6, 6.07) is 3.56. The minimum absolute atomic E-state index is 0. The third-order valence-corrected chi connectivity index (χ3v) is 5.43. The van der Waals surface area contributed by atoms with Gasteiger partial charge in [0.25, 0.3) is 0 Å². The average Bonchev–Trinajstić information content (AvgIpc) is 2.57. The van der Waals surface area contributed by atoms with E-state index in [-0.39, 0.29) is 47.7 Å². The summed E-state index contributed by atoms with van der Waals surface area (Å²) in [5.41, 5.74) is 1.60. The van der Waals surface area contributed by atoms with Crippen molar-refractivity contribution in [3.05, 3.63) is 46.0 Å². The van der Waals surface area contributed by atoms with Gasteiger partial charge in [-0.3, -0.25) is 14.8 Å². The van der Waals surface area contributed by atoms with Crippen LogP contribution in [0.4, 0.5) is 0 Å². The summed E-state index contributed by atoms with van der Waals surface area (Å²) < 4.78 is 4.54. The Morgan fingerprint density at radius 3 is 2.15 bits per heavy atom. The fourth-order valence-corrected chi connectivity index (χ4v) is 3.02. The van der Waals surface area contributed by atoms with Gasteiger partial charge < -0.3 is 22.1 Å². The Bertz CT molecular complexity index is 692. The molecular weight excluding hydrogens is 441 g/mol. The summed E-state index contributed by atoms with van der Waals surface area (Å²) in [5.74, 6) is 0.458. The van der Waals surface area contributed by atoms with Crippen LogP contribution >= 0.6 is 35.0 Å². The van der Waals surface area contributed by atoms with Crippen LogP contribution in [0.15, 0.2) is 34.3 Å². The molecule has 2 rings (SSSR count). The molecule has 0 amide bonds. The maximum absolute atomic E-state index is 10.9. The number of hydrogen-bond donors (Lipinski definition) is 0. The number of aromatic nitrogens is 2. The van der Waals surface area contributed by atoms with Crippen LogP contribution in [0.2, 0.25) is 10.0 Å². The van der Waals surface area contributed by atoms with Crippen molar-refractivity contribution < 1.29 is 43.8 Å². The minimum atomic E-state index is -0.204. The molecule has 0 bridgehead atoms. The summed E-state index contributed by atoms with van der Waals surface area (Å²) in [4.78, 5) is 20.5. The Morgan fingerprint density at radius 2 is 1.67 bits per heavy atom. The number of thioether (sulfide) groups is 1. The van der Waals surface area contributed by atoms with Crippen LogP contribution in [0, 0.1) is 13.8 Å². The van der Waals surface area contributed by atoms with Gasteiger partial charge in [0.15, 0.2) is 0 Å². The first-order valence-corrected chi connectivity index (χ1v) is 9.10. The number of esters is 1. The molecule has 0 atom stereocenters. The van der Waals surface area contributed by atoms with E-state index in [2.05, 4.69) is 14.7 Å². The molecule has 0 aliphatic rings. The maximum atomic E-state index is 10.9. The van der Waals surface area contributed by atoms with Crippen LogP contribution in [0.1, 0.15) is 25.2 Å². The molecular formula is C17H21Cl2FN2NaO2S2-. The first-order chi connectivity index (χ1) is 11.4. The second-order valence-electron chi connectivity index (χ2n) is 4.59. The van der Waals surface area contributed by atoms with Gasteiger partial charge in [0.1, 0.15) is 0 Å². The van der Waals surface area contributed by atoms with Crippen LogP contribution in [0.3, 0.4) is 0 Å². The molecule has 0 saturated heterocycles. The van der Waals surface area contributed by atoms with Gasteiger partial charge in [-0.2, -0.15) is 4.90 Å². The van der Waals surface area contributed by atoms with Gasteiger partial charge in [-0.05, 0) is 19.9 Å². The second kappa shape index (κ2) is 16.8. The molecule has 10 heteroatoms. The number of aryl methyl sites for hydroxylation is 2. The average molecular weight is 462 g/mol. The molecule has 146 valence electrons. The topological polar surface area (TPSA) is 52.1 Å². The molecule has 0 fully saturated rings. The maximum Gasteiger partial charge on any atom is 1.00 e. The number of carbonyl (C=O) groups excluding carboxylic acids is 1. The monoisotopic (exact) mass is 461 g/mol. The number of nitrogens with zero attached hydrogens (tertiary/aromatic N) is 2. The van der Waals surface area contributed by atoms with Crippen molar-refractivity contribution in [1.29, 1.82) is 0 Å². The Balaban J connectivity index is -0.000000420. The third kappa shape index (κ3) is 11.4. The zero-order valence-corrected chi connectivity index (χ0v) is 20.0. The number of pyridine rings is 2. The Morgan fingerprint density at radius 1 is 1.15 bits per heavy atom. The zero-order chi connectivity index (χ0) is 18.1. The molecule has 2 aromatic heterocycles. The standard InChI is InChI=1S/C10H12ClNO2S.C6H6ClNS.CH4.FH.Na/c1-7-10(11)8(3-5-12-7)15-6-4-9(13)14-2;1-4-6(7)5(9)2-3-8-4;;;/h3,5H,4,6H2,1-2H3;2-3H,1H3,(H,8,9);1H4;1H;/q;;;;+1/p-2. The Labute approximate surface area is 202 Å². The number of rotatable bonds is 4. The minimum Gasteiger partial charge on any atom is -1.00 e. The quantitative estimate of drug-likeness (QED) is 0.259. The van der Waals surface area contributed by atoms with Crippen LogP contribution in [0.25, 0.3) is 0 Å². The molecule has 27 heavy (non-hydrogen) atoms. The van der Waals surface area contributed by atoms with Crippen LogP contribution in [0.5, 0.6) is 0 Å². The normalized spacial score (nSPS) is 8.78. The van der Waals surface area contributed by atoms with E-state index in [0.29, 0.717) is 27.1 Å². The van der Waals surface area contributed by atoms with E-state index in [4.69, 9.17) is 35.8 Å². The number of ether oxygens (including phenoxy) is 1. The molecule has 0 aromatic carbocycles. The van der Waals surface area contributed by atoms with Crippen molar-refractivity contribution >= 4 is 53.6 Å².